The van der Waals surface area contributed by atoms with Gasteiger partial charge in [-0.05, 0) is 23.3 Å². The molecule has 0 saturated carbocycles. The van der Waals surface area contributed by atoms with Crippen LogP contribution < -0.4 is 11.1 Å². The minimum absolute atomic E-state index is 0.0881. The molecule has 2 atom stereocenters. The summed E-state index contributed by atoms with van der Waals surface area (Å²) in [5.41, 5.74) is 6.65. The lowest BCUT2D eigenvalue weighted by Crippen LogP contribution is -2.47. The van der Waals surface area contributed by atoms with Gasteiger partial charge in [0.25, 0.3) is 5.91 Å². The van der Waals surface area contributed by atoms with Gasteiger partial charge in [0.05, 0.1) is 0 Å². The maximum absolute atomic E-state index is 12.5. The molecule has 2 rings (SSSR count). The fourth-order valence-electron chi connectivity index (χ4n) is 2.42. The van der Waals surface area contributed by atoms with E-state index in [1.807, 2.05) is 6.07 Å². The fraction of sp³-hybridized carbons (Fsp3) is 0.222. The first-order valence-corrected chi connectivity index (χ1v) is 8.30. The van der Waals surface area contributed by atoms with Gasteiger partial charge >= 0.3 is 0 Å². The molecule has 132 valence electrons. The number of nitrogens with one attached hydrogen (secondary N) is 1. The number of halogens is 2. The number of hydrogen-bond acceptors (Lipinski definition) is 3. The predicted molar refractivity (Wildman–Crippen MR) is 97.5 cm³/mol. The topological polar surface area (TPSA) is 81.4 Å². The van der Waals surface area contributed by atoms with E-state index in [2.05, 4.69) is 5.32 Å². The number of nitrogens with two attached hydrogens (primary N) is 1. The molecule has 0 saturated heterocycles. The van der Waals surface area contributed by atoms with E-state index >= 15 is 0 Å². The standard InChI is InChI=1S/C18H18Cl2N2O3/c1-25-16(11-6-3-2-4-7-11)18(24)22-15(17(21)23)10-12-13(19)8-5-9-14(12)20/h2-9,15-16H,10H2,1H3,(H2,21,23)(H,22,24)/t15-,16+/m0/s1. The summed E-state index contributed by atoms with van der Waals surface area (Å²) in [6.07, 6.45) is -0.769. The van der Waals surface area contributed by atoms with Gasteiger partial charge < -0.3 is 15.8 Å². The molecule has 3 N–H and O–H groups in total. The van der Waals surface area contributed by atoms with E-state index in [9.17, 15) is 9.59 Å². The maximum atomic E-state index is 12.5. The zero-order valence-electron chi connectivity index (χ0n) is 13.5. The van der Waals surface area contributed by atoms with E-state index in [1.54, 1.807) is 42.5 Å². The third kappa shape index (κ3) is 4.95. The molecule has 0 aliphatic carbocycles. The Labute approximate surface area is 156 Å². The molecular weight excluding hydrogens is 363 g/mol. The molecule has 0 unspecified atom stereocenters. The maximum Gasteiger partial charge on any atom is 0.254 e. The van der Waals surface area contributed by atoms with E-state index in [0.29, 0.717) is 21.2 Å². The summed E-state index contributed by atoms with van der Waals surface area (Å²) in [6.45, 7) is 0. The number of carbonyl (C=O) groups excluding carboxylic acids is 2. The molecule has 0 radical (unpaired) electrons. The summed E-state index contributed by atoms with van der Waals surface area (Å²) in [5.74, 6) is -1.16. The summed E-state index contributed by atoms with van der Waals surface area (Å²) < 4.78 is 5.26. The van der Waals surface area contributed by atoms with Crippen molar-refractivity contribution in [3.8, 4) is 0 Å². The summed E-state index contributed by atoms with van der Waals surface area (Å²) >= 11 is 12.3. The number of ether oxygens (including phenoxy) is 1. The first-order valence-electron chi connectivity index (χ1n) is 7.54. The van der Waals surface area contributed by atoms with Gasteiger partial charge in [-0.15, -0.1) is 0 Å². The number of amides is 2. The Morgan fingerprint density at radius 2 is 1.68 bits per heavy atom. The highest BCUT2D eigenvalue weighted by Crippen LogP contribution is 2.26. The Hall–Kier alpha value is -2.08. The normalized spacial score (nSPS) is 13.1. The van der Waals surface area contributed by atoms with Gasteiger partial charge in [-0.2, -0.15) is 0 Å². The highest BCUT2D eigenvalue weighted by molar-refractivity contribution is 6.36. The molecule has 5 nitrogen and oxygen atoms in total. The van der Waals surface area contributed by atoms with E-state index < -0.39 is 24.0 Å². The molecule has 2 aromatic rings. The summed E-state index contributed by atoms with van der Waals surface area (Å²) in [4.78, 5) is 24.3. The van der Waals surface area contributed by atoms with Gasteiger partial charge in [-0.3, -0.25) is 9.59 Å². The van der Waals surface area contributed by atoms with Crippen molar-refractivity contribution >= 4 is 35.0 Å². The van der Waals surface area contributed by atoms with Crippen LogP contribution in [0.25, 0.3) is 0 Å². The molecule has 0 bridgehead atoms. The van der Waals surface area contributed by atoms with Crippen molar-refractivity contribution in [3.63, 3.8) is 0 Å². The van der Waals surface area contributed by atoms with Crippen molar-refractivity contribution in [1.29, 1.82) is 0 Å². The van der Waals surface area contributed by atoms with E-state index in [-0.39, 0.29) is 6.42 Å². The highest BCUT2D eigenvalue weighted by atomic mass is 35.5. The zero-order chi connectivity index (χ0) is 18.4. The average Bonchev–Trinajstić information content (AvgIpc) is 2.58. The second kappa shape index (κ2) is 8.85. The Morgan fingerprint density at radius 1 is 1.08 bits per heavy atom. The fourth-order valence-corrected chi connectivity index (χ4v) is 2.98. The minimum Gasteiger partial charge on any atom is -0.368 e. The molecule has 2 aromatic carbocycles. The number of primary amides is 1. The van der Waals surface area contributed by atoms with E-state index in [1.165, 1.54) is 7.11 Å². The molecule has 0 aliphatic rings. The lowest BCUT2D eigenvalue weighted by Gasteiger charge is -2.21. The molecule has 0 spiro atoms. The lowest BCUT2D eigenvalue weighted by molar-refractivity contribution is -0.134. The second-order valence-electron chi connectivity index (χ2n) is 5.39. The molecule has 7 heteroatoms. The zero-order valence-corrected chi connectivity index (χ0v) is 15.1. The average molecular weight is 381 g/mol. The predicted octanol–water partition coefficient (Wildman–Crippen LogP) is 2.89. The molecule has 0 heterocycles. The second-order valence-corrected chi connectivity index (χ2v) is 6.21. The number of methoxy groups -OCH3 is 1. The first-order chi connectivity index (χ1) is 11.9. The van der Waals surface area contributed by atoms with Gasteiger partial charge in [-0.1, -0.05) is 59.6 Å². The van der Waals surface area contributed by atoms with Crippen molar-refractivity contribution in [1.82, 2.24) is 5.32 Å². The SMILES string of the molecule is CO[C@@H](C(=O)N[C@@H](Cc1c(Cl)cccc1Cl)C(N)=O)c1ccccc1. The van der Waals surface area contributed by atoms with Crippen LogP contribution in [0.15, 0.2) is 48.5 Å². The lowest BCUT2D eigenvalue weighted by atomic mass is 10.0. The smallest absolute Gasteiger partial charge is 0.254 e. The van der Waals surface area contributed by atoms with Gasteiger partial charge in [0.1, 0.15) is 6.04 Å². The van der Waals surface area contributed by atoms with Crippen LogP contribution in [0.4, 0.5) is 0 Å². The quantitative estimate of drug-likeness (QED) is 0.774. The van der Waals surface area contributed by atoms with Crippen LogP contribution in [0.2, 0.25) is 10.0 Å². The molecular formula is C18H18Cl2N2O3. The third-order valence-electron chi connectivity index (χ3n) is 3.71. The Morgan fingerprint density at radius 3 is 2.20 bits per heavy atom. The van der Waals surface area contributed by atoms with Crippen LogP contribution in [0, 0.1) is 0 Å². The number of benzene rings is 2. The van der Waals surface area contributed by atoms with Crippen LogP contribution in [0.1, 0.15) is 17.2 Å². The molecule has 0 aliphatic heterocycles. The third-order valence-corrected chi connectivity index (χ3v) is 4.41. The van der Waals surface area contributed by atoms with Crippen LogP contribution in [-0.4, -0.2) is 25.0 Å². The van der Waals surface area contributed by atoms with Crippen molar-refractivity contribution < 1.29 is 14.3 Å². The molecule has 0 aromatic heterocycles. The Bertz CT molecular complexity index is 733. The van der Waals surface area contributed by atoms with Crippen LogP contribution >= 0.6 is 23.2 Å². The summed E-state index contributed by atoms with van der Waals surface area (Å²) in [5, 5.41) is 3.42. The van der Waals surface area contributed by atoms with Crippen LogP contribution in [0.5, 0.6) is 0 Å². The molecule has 0 fully saturated rings. The van der Waals surface area contributed by atoms with Crippen molar-refractivity contribution in [3.05, 3.63) is 69.7 Å². The van der Waals surface area contributed by atoms with Gasteiger partial charge in [0.15, 0.2) is 6.10 Å². The van der Waals surface area contributed by atoms with Gasteiger partial charge in [0.2, 0.25) is 5.91 Å². The number of rotatable bonds is 7. The minimum atomic E-state index is -0.966. The van der Waals surface area contributed by atoms with Gasteiger partial charge in [-0.25, -0.2) is 0 Å². The molecule has 25 heavy (non-hydrogen) atoms. The van der Waals surface area contributed by atoms with Crippen LogP contribution in [-0.2, 0) is 20.7 Å². The summed E-state index contributed by atoms with van der Waals surface area (Å²) in [6, 6.07) is 13.0. The molecule has 2 amide bonds. The summed E-state index contributed by atoms with van der Waals surface area (Å²) in [7, 11) is 1.42. The number of carbonyl (C=O) groups is 2. The Balaban J connectivity index is 2.18. The van der Waals surface area contributed by atoms with Crippen molar-refractivity contribution in [2.45, 2.75) is 18.6 Å². The monoisotopic (exact) mass is 380 g/mol. The number of hydrogen-bond donors (Lipinski definition) is 2. The van der Waals surface area contributed by atoms with Crippen LogP contribution in [0.3, 0.4) is 0 Å². The van der Waals surface area contributed by atoms with Crippen molar-refractivity contribution in [2.24, 2.45) is 5.73 Å². The first kappa shape index (κ1) is 19.2. The van der Waals surface area contributed by atoms with E-state index in [4.69, 9.17) is 33.7 Å². The largest absolute Gasteiger partial charge is 0.368 e. The van der Waals surface area contributed by atoms with E-state index in [0.717, 1.165) is 0 Å². The Kier molecular flexibility index (Phi) is 6.82. The van der Waals surface area contributed by atoms with Crippen molar-refractivity contribution in [2.75, 3.05) is 7.11 Å². The van der Waals surface area contributed by atoms with Gasteiger partial charge in [0, 0.05) is 23.6 Å². The highest BCUT2D eigenvalue weighted by Gasteiger charge is 2.26.